The lowest BCUT2D eigenvalue weighted by molar-refractivity contribution is 0.314. The minimum atomic E-state index is -2.82. The van der Waals surface area contributed by atoms with Crippen molar-refractivity contribution in [1.82, 2.24) is 0 Å². The van der Waals surface area contributed by atoms with Crippen LogP contribution in [0.5, 0.6) is 0 Å². The maximum absolute atomic E-state index is 11.2. The Morgan fingerprint density at radius 1 is 1.36 bits per heavy atom. The first-order valence-corrected chi connectivity index (χ1v) is 7.02. The smallest absolute Gasteiger partial charge is 0.150 e. The molecule has 1 unspecified atom stereocenters. The predicted molar refractivity (Wildman–Crippen MR) is 61.0 cm³/mol. The van der Waals surface area contributed by atoms with E-state index in [1.807, 2.05) is 6.92 Å². The number of hydrogen-bond donors (Lipinski definition) is 1. The van der Waals surface area contributed by atoms with E-state index in [2.05, 4.69) is 13.8 Å². The van der Waals surface area contributed by atoms with E-state index in [0.29, 0.717) is 12.3 Å². The highest BCUT2D eigenvalue weighted by atomic mass is 32.2. The van der Waals surface area contributed by atoms with Gasteiger partial charge in [-0.25, -0.2) is 8.42 Å². The Morgan fingerprint density at radius 2 is 1.86 bits per heavy atom. The molecule has 0 heterocycles. The lowest BCUT2D eigenvalue weighted by Crippen LogP contribution is -2.41. The largest absolute Gasteiger partial charge is 0.325 e. The highest BCUT2D eigenvalue weighted by Crippen LogP contribution is 2.19. The van der Waals surface area contributed by atoms with Gasteiger partial charge >= 0.3 is 0 Å². The molecule has 0 saturated carbocycles. The van der Waals surface area contributed by atoms with Gasteiger partial charge in [-0.05, 0) is 25.7 Å². The Balaban J connectivity index is 3.98. The van der Waals surface area contributed by atoms with E-state index < -0.39 is 9.84 Å². The van der Waals surface area contributed by atoms with Gasteiger partial charge in [0.25, 0.3) is 0 Å². The van der Waals surface area contributed by atoms with Gasteiger partial charge in [0.2, 0.25) is 0 Å². The van der Waals surface area contributed by atoms with Gasteiger partial charge in [0.15, 0.2) is 0 Å². The van der Waals surface area contributed by atoms with Gasteiger partial charge in [0, 0.05) is 11.3 Å². The van der Waals surface area contributed by atoms with Crippen molar-refractivity contribution in [3.8, 4) is 0 Å². The van der Waals surface area contributed by atoms with Gasteiger partial charge in [0.1, 0.15) is 9.84 Å². The first-order valence-electron chi connectivity index (χ1n) is 5.20. The summed E-state index contributed by atoms with van der Waals surface area (Å²) >= 11 is 0. The molecule has 0 aliphatic rings. The molecular weight excluding hydrogens is 198 g/mol. The molecule has 0 spiro atoms. The number of rotatable bonds is 6. The second-order valence-corrected chi connectivity index (χ2v) is 6.97. The lowest BCUT2D eigenvalue weighted by Gasteiger charge is -2.29. The van der Waals surface area contributed by atoms with Crippen molar-refractivity contribution in [1.29, 1.82) is 0 Å². The predicted octanol–water partition coefficient (Wildman–Crippen LogP) is 1.57. The van der Waals surface area contributed by atoms with Gasteiger partial charge in [-0.3, -0.25) is 0 Å². The molecule has 86 valence electrons. The summed E-state index contributed by atoms with van der Waals surface area (Å²) in [6, 6.07) is 0. The van der Waals surface area contributed by atoms with Crippen molar-refractivity contribution < 1.29 is 8.42 Å². The Hall–Kier alpha value is -0.0900. The van der Waals surface area contributed by atoms with Gasteiger partial charge in [-0.2, -0.15) is 0 Å². The van der Waals surface area contributed by atoms with Crippen molar-refractivity contribution in [2.24, 2.45) is 11.7 Å². The highest BCUT2D eigenvalue weighted by Gasteiger charge is 2.23. The first-order chi connectivity index (χ1) is 6.21. The van der Waals surface area contributed by atoms with Crippen LogP contribution in [-0.4, -0.2) is 25.5 Å². The highest BCUT2D eigenvalue weighted by molar-refractivity contribution is 7.91. The molecule has 0 aromatic carbocycles. The van der Waals surface area contributed by atoms with Crippen LogP contribution in [0.25, 0.3) is 0 Å². The van der Waals surface area contributed by atoms with Crippen molar-refractivity contribution >= 4 is 9.84 Å². The van der Waals surface area contributed by atoms with E-state index in [0.717, 1.165) is 6.42 Å². The molecule has 3 nitrogen and oxygen atoms in total. The fourth-order valence-corrected chi connectivity index (χ4v) is 1.98. The van der Waals surface area contributed by atoms with Crippen LogP contribution in [0.15, 0.2) is 0 Å². The summed E-state index contributed by atoms with van der Waals surface area (Å²) in [5.74, 6) is 0.880. The fourth-order valence-electron chi connectivity index (χ4n) is 1.11. The standard InChI is InChI=1S/C10H23NO2S/c1-5-14(12,13)8-6-7-10(4,11)9(2)3/h9H,5-8,11H2,1-4H3. The molecule has 0 rings (SSSR count). The molecule has 0 aliphatic heterocycles. The van der Waals surface area contributed by atoms with Crippen molar-refractivity contribution in [3.05, 3.63) is 0 Å². The van der Waals surface area contributed by atoms with E-state index >= 15 is 0 Å². The van der Waals surface area contributed by atoms with Crippen LogP contribution >= 0.6 is 0 Å². The zero-order chi connectivity index (χ0) is 11.4. The first kappa shape index (κ1) is 13.9. The van der Waals surface area contributed by atoms with Crippen LogP contribution in [0, 0.1) is 5.92 Å². The van der Waals surface area contributed by atoms with Gasteiger partial charge in [0.05, 0.1) is 5.75 Å². The van der Waals surface area contributed by atoms with Gasteiger partial charge < -0.3 is 5.73 Å². The van der Waals surface area contributed by atoms with E-state index in [1.54, 1.807) is 6.92 Å². The molecule has 4 heteroatoms. The third kappa shape index (κ3) is 4.96. The topological polar surface area (TPSA) is 60.2 Å². The lowest BCUT2D eigenvalue weighted by atomic mass is 9.86. The quantitative estimate of drug-likeness (QED) is 0.740. The second-order valence-electron chi connectivity index (χ2n) is 4.50. The van der Waals surface area contributed by atoms with E-state index in [9.17, 15) is 8.42 Å². The Kier molecular flexibility index (Phi) is 5.09. The summed E-state index contributed by atoms with van der Waals surface area (Å²) in [5, 5.41) is 0. The summed E-state index contributed by atoms with van der Waals surface area (Å²) in [4.78, 5) is 0. The van der Waals surface area contributed by atoms with Crippen LogP contribution in [-0.2, 0) is 9.84 Å². The molecule has 0 saturated heterocycles. The molecular formula is C10H23NO2S. The van der Waals surface area contributed by atoms with Gasteiger partial charge in [-0.1, -0.05) is 20.8 Å². The summed E-state index contributed by atoms with van der Waals surface area (Å²) in [7, 11) is -2.82. The van der Waals surface area contributed by atoms with Crippen LogP contribution in [0.3, 0.4) is 0 Å². The molecule has 0 aliphatic carbocycles. The summed E-state index contributed by atoms with van der Waals surface area (Å²) in [5.41, 5.74) is 5.79. The summed E-state index contributed by atoms with van der Waals surface area (Å²) in [6.07, 6.45) is 1.44. The monoisotopic (exact) mass is 221 g/mol. The van der Waals surface area contributed by atoms with Crippen LogP contribution in [0.4, 0.5) is 0 Å². The maximum atomic E-state index is 11.2. The Morgan fingerprint density at radius 3 is 2.21 bits per heavy atom. The van der Waals surface area contributed by atoms with Crippen molar-refractivity contribution in [3.63, 3.8) is 0 Å². The number of hydrogen-bond acceptors (Lipinski definition) is 3. The number of nitrogens with two attached hydrogens (primary N) is 1. The van der Waals surface area contributed by atoms with Crippen LogP contribution in [0.1, 0.15) is 40.5 Å². The van der Waals surface area contributed by atoms with E-state index in [1.165, 1.54) is 0 Å². The molecule has 0 amide bonds. The number of sulfone groups is 1. The Bertz CT molecular complexity index is 255. The average Bonchev–Trinajstić information content (AvgIpc) is 2.03. The normalized spacial score (nSPS) is 17.0. The minimum Gasteiger partial charge on any atom is -0.325 e. The van der Waals surface area contributed by atoms with E-state index in [-0.39, 0.29) is 17.0 Å². The summed E-state index contributed by atoms with van der Waals surface area (Å²) in [6.45, 7) is 7.79. The molecule has 0 fully saturated rings. The maximum Gasteiger partial charge on any atom is 0.150 e. The zero-order valence-electron chi connectivity index (χ0n) is 9.71. The molecule has 0 aromatic heterocycles. The second kappa shape index (κ2) is 5.12. The third-order valence-corrected chi connectivity index (χ3v) is 4.72. The minimum absolute atomic E-state index is 0.232. The van der Waals surface area contributed by atoms with Crippen LogP contribution < -0.4 is 5.73 Å². The van der Waals surface area contributed by atoms with Gasteiger partial charge in [-0.15, -0.1) is 0 Å². The molecule has 1 atom stereocenters. The SMILES string of the molecule is CCS(=O)(=O)CCCC(C)(N)C(C)C. The Labute approximate surface area is 88.0 Å². The molecule has 0 bridgehead atoms. The molecule has 0 radical (unpaired) electrons. The van der Waals surface area contributed by atoms with E-state index in [4.69, 9.17) is 5.73 Å². The zero-order valence-corrected chi connectivity index (χ0v) is 10.5. The average molecular weight is 221 g/mol. The van der Waals surface area contributed by atoms with Crippen LogP contribution in [0.2, 0.25) is 0 Å². The van der Waals surface area contributed by atoms with Crippen molar-refractivity contribution in [2.45, 2.75) is 46.1 Å². The van der Waals surface area contributed by atoms with Crippen molar-refractivity contribution in [2.75, 3.05) is 11.5 Å². The fraction of sp³-hybridized carbons (Fsp3) is 1.00. The third-order valence-electron chi connectivity index (χ3n) is 2.93. The molecule has 14 heavy (non-hydrogen) atoms. The summed E-state index contributed by atoms with van der Waals surface area (Å²) < 4.78 is 22.4. The molecule has 0 aromatic rings. The molecule has 2 N–H and O–H groups in total.